The lowest BCUT2D eigenvalue weighted by atomic mass is 9.90. The van der Waals surface area contributed by atoms with Gasteiger partial charge < -0.3 is 14.8 Å². The lowest BCUT2D eigenvalue weighted by molar-refractivity contribution is -0.916. The summed E-state index contributed by atoms with van der Waals surface area (Å²) in [6.07, 6.45) is -0.817. The number of nitrogens with zero attached hydrogens (tertiary/aromatic N) is 1. The molecule has 2 aliphatic rings. The largest absolute Gasteiger partial charge is 0.416 e. The van der Waals surface area contributed by atoms with Crippen LogP contribution >= 0.6 is 0 Å². The third-order valence-corrected chi connectivity index (χ3v) is 5.53. The molecule has 1 aromatic heterocycles. The van der Waals surface area contributed by atoms with Crippen LogP contribution in [0.1, 0.15) is 28.0 Å². The van der Waals surface area contributed by atoms with Gasteiger partial charge >= 0.3 is 6.18 Å². The quantitative estimate of drug-likeness (QED) is 0.855. The van der Waals surface area contributed by atoms with E-state index in [-0.39, 0.29) is 11.8 Å². The smallest absolute Gasteiger partial charge is 0.364 e. The molecule has 0 spiro atoms. The minimum atomic E-state index is -4.33. The van der Waals surface area contributed by atoms with Crippen molar-refractivity contribution in [1.82, 2.24) is 4.98 Å². The van der Waals surface area contributed by atoms with E-state index in [9.17, 15) is 18.0 Å². The van der Waals surface area contributed by atoms with Crippen LogP contribution in [0.3, 0.4) is 0 Å². The van der Waals surface area contributed by atoms with E-state index in [1.54, 1.807) is 6.07 Å². The number of aromatic nitrogens is 1. The maximum absolute atomic E-state index is 12.9. The molecule has 2 heterocycles. The molecule has 0 radical (unpaired) electrons. The Hall–Kier alpha value is -2.28. The van der Waals surface area contributed by atoms with E-state index in [4.69, 9.17) is 0 Å². The van der Waals surface area contributed by atoms with Crippen LogP contribution in [0.4, 0.5) is 18.9 Å². The minimum absolute atomic E-state index is 0.0399. The second kappa shape index (κ2) is 6.46. The van der Waals surface area contributed by atoms with Crippen molar-refractivity contribution in [3.8, 4) is 0 Å². The molecule has 0 saturated carbocycles. The number of aryl methyl sites for hydroxylation is 1. The number of Topliss-reactive ketones (excluding diaryl/α,β-unsaturated/α-hetero) is 1. The number of fused-ring (bicyclic) bond motifs is 1. The highest BCUT2D eigenvalue weighted by Crippen LogP contribution is 2.31. The van der Waals surface area contributed by atoms with Gasteiger partial charge in [0.1, 0.15) is 0 Å². The molecule has 2 N–H and O–H groups in total. The molecule has 4 nitrogen and oxygen atoms in total. The SMILES string of the molecule is O=C1c2cc[nH]c2CC[C@@H]1[NH+]1CCN(c2cccc(C(F)(F)F)c2)CC1. The van der Waals surface area contributed by atoms with Gasteiger partial charge in [0.15, 0.2) is 6.04 Å². The van der Waals surface area contributed by atoms with Gasteiger partial charge in [-0.05, 0) is 30.7 Å². The Labute approximate surface area is 149 Å². The number of H-pyrrole nitrogens is 1. The molecule has 1 saturated heterocycles. The van der Waals surface area contributed by atoms with Gasteiger partial charge in [0.05, 0.1) is 31.7 Å². The number of nitrogens with one attached hydrogen (secondary N) is 2. The summed E-state index contributed by atoms with van der Waals surface area (Å²) in [5.74, 6) is 0.190. The maximum Gasteiger partial charge on any atom is 0.416 e. The molecule has 0 amide bonds. The Morgan fingerprint density at radius 3 is 2.65 bits per heavy atom. The van der Waals surface area contributed by atoms with Gasteiger partial charge in [-0.2, -0.15) is 13.2 Å². The van der Waals surface area contributed by atoms with Gasteiger partial charge in [0.2, 0.25) is 5.78 Å². The first kappa shape index (κ1) is 17.1. The number of rotatable bonds is 2. The van der Waals surface area contributed by atoms with Gasteiger partial charge in [-0.1, -0.05) is 6.07 Å². The van der Waals surface area contributed by atoms with Gasteiger partial charge in [0, 0.05) is 29.6 Å². The van der Waals surface area contributed by atoms with Crippen LogP contribution in [-0.4, -0.2) is 43.0 Å². The Kier molecular flexibility index (Phi) is 4.26. The van der Waals surface area contributed by atoms with Crippen molar-refractivity contribution in [2.75, 3.05) is 31.1 Å². The van der Waals surface area contributed by atoms with Crippen molar-refractivity contribution in [2.45, 2.75) is 25.1 Å². The van der Waals surface area contributed by atoms with Crippen molar-refractivity contribution in [3.05, 3.63) is 53.3 Å². The van der Waals surface area contributed by atoms with Crippen LogP contribution in [-0.2, 0) is 12.6 Å². The number of halogens is 3. The number of carbonyl (C=O) groups is 1. The molecule has 26 heavy (non-hydrogen) atoms. The molecule has 2 aromatic rings. The topological polar surface area (TPSA) is 40.5 Å². The third kappa shape index (κ3) is 3.11. The predicted molar refractivity (Wildman–Crippen MR) is 91.6 cm³/mol. The lowest BCUT2D eigenvalue weighted by Gasteiger charge is -2.38. The highest BCUT2D eigenvalue weighted by atomic mass is 19.4. The summed E-state index contributed by atoms with van der Waals surface area (Å²) in [6.45, 7) is 2.82. The predicted octanol–water partition coefficient (Wildman–Crippen LogP) is 1.94. The number of hydrogen-bond donors (Lipinski definition) is 2. The van der Waals surface area contributed by atoms with E-state index in [0.717, 1.165) is 43.3 Å². The van der Waals surface area contributed by atoms with E-state index < -0.39 is 11.7 Å². The van der Waals surface area contributed by atoms with Crippen LogP contribution in [0.5, 0.6) is 0 Å². The summed E-state index contributed by atoms with van der Waals surface area (Å²) in [7, 11) is 0. The van der Waals surface area contributed by atoms with Crippen molar-refractivity contribution >= 4 is 11.5 Å². The van der Waals surface area contributed by atoms with Crippen LogP contribution in [0, 0.1) is 0 Å². The zero-order valence-electron chi connectivity index (χ0n) is 14.3. The highest BCUT2D eigenvalue weighted by molar-refractivity contribution is 6.01. The van der Waals surface area contributed by atoms with Crippen molar-refractivity contribution < 1.29 is 22.9 Å². The fourth-order valence-corrected chi connectivity index (χ4v) is 4.12. The number of carbonyl (C=O) groups excluding carboxylic acids is 1. The van der Waals surface area contributed by atoms with Gasteiger partial charge in [0.25, 0.3) is 0 Å². The number of aromatic amines is 1. The number of quaternary nitrogens is 1. The van der Waals surface area contributed by atoms with Crippen molar-refractivity contribution in [1.29, 1.82) is 0 Å². The molecule has 1 aromatic carbocycles. The van der Waals surface area contributed by atoms with Crippen LogP contribution < -0.4 is 9.80 Å². The van der Waals surface area contributed by atoms with Crippen LogP contribution in [0.15, 0.2) is 36.5 Å². The van der Waals surface area contributed by atoms with Crippen molar-refractivity contribution in [2.24, 2.45) is 0 Å². The van der Waals surface area contributed by atoms with E-state index in [2.05, 4.69) is 4.98 Å². The Morgan fingerprint density at radius 2 is 1.92 bits per heavy atom. The molecule has 1 fully saturated rings. The van der Waals surface area contributed by atoms with E-state index in [1.807, 2.05) is 17.2 Å². The molecule has 0 bridgehead atoms. The Balaban J connectivity index is 1.43. The summed E-state index contributed by atoms with van der Waals surface area (Å²) in [5.41, 5.74) is 1.80. The van der Waals surface area contributed by atoms with Crippen LogP contribution in [0.25, 0.3) is 0 Å². The zero-order valence-corrected chi connectivity index (χ0v) is 14.3. The normalized spacial score (nSPS) is 21.7. The van der Waals surface area contributed by atoms with Gasteiger partial charge in [-0.3, -0.25) is 4.79 Å². The lowest BCUT2D eigenvalue weighted by Crippen LogP contribution is -3.19. The second-order valence-corrected chi connectivity index (χ2v) is 7.02. The minimum Gasteiger partial charge on any atom is -0.364 e. The maximum atomic E-state index is 12.9. The fraction of sp³-hybridized carbons (Fsp3) is 0.421. The number of anilines is 1. The molecule has 7 heteroatoms. The van der Waals surface area contributed by atoms with Crippen LogP contribution in [0.2, 0.25) is 0 Å². The second-order valence-electron chi connectivity index (χ2n) is 7.02. The molecule has 0 unspecified atom stereocenters. The first-order chi connectivity index (χ1) is 12.4. The molecular formula is C19H21F3N3O+. The first-order valence-corrected chi connectivity index (χ1v) is 8.91. The number of alkyl halides is 3. The summed E-state index contributed by atoms with van der Waals surface area (Å²) < 4.78 is 38.7. The molecular weight excluding hydrogens is 343 g/mol. The first-order valence-electron chi connectivity index (χ1n) is 8.91. The van der Waals surface area contributed by atoms with Crippen molar-refractivity contribution in [3.63, 3.8) is 0 Å². The van der Waals surface area contributed by atoms with Gasteiger partial charge in [-0.25, -0.2) is 0 Å². The zero-order chi connectivity index (χ0) is 18.3. The van der Waals surface area contributed by atoms with Gasteiger partial charge in [-0.15, -0.1) is 0 Å². The van der Waals surface area contributed by atoms with E-state index in [0.29, 0.717) is 18.8 Å². The molecule has 1 aliphatic heterocycles. The molecule has 138 valence electrons. The highest BCUT2D eigenvalue weighted by Gasteiger charge is 2.37. The molecule has 1 atom stereocenters. The monoisotopic (exact) mass is 364 g/mol. The average molecular weight is 364 g/mol. The average Bonchev–Trinajstić information content (AvgIpc) is 3.11. The van der Waals surface area contributed by atoms with E-state index >= 15 is 0 Å². The number of benzene rings is 1. The van der Waals surface area contributed by atoms with E-state index in [1.165, 1.54) is 17.0 Å². The Bertz CT molecular complexity index is 806. The number of piperazine rings is 1. The summed E-state index contributed by atoms with van der Waals surface area (Å²) >= 11 is 0. The third-order valence-electron chi connectivity index (χ3n) is 5.53. The summed E-state index contributed by atoms with van der Waals surface area (Å²) in [6, 6.07) is 7.29. The number of ketones is 1. The summed E-state index contributed by atoms with van der Waals surface area (Å²) in [4.78, 5) is 19.1. The summed E-state index contributed by atoms with van der Waals surface area (Å²) in [5, 5.41) is 0. The fourth-order valence-electron chi connectivity index (χ4n) is 4.12. The standard InChI is InChI=1S/C19H20F3N3O/c20-19(21,22)13-2-1-3-14(12-13)24-8-10-25(11-9-24)17-5-4-16-15(18(17)26)6-7-23-16/h1-3,6-7,12,17,23H,4-5,8-11H2/p+1/t17-/m0/s1. The number of hydrogen-bond acceptors (Lipinski definition) is 2. The molecule has 1 aliphatic carbocycles. The molecule has 4 rings (SSSR count). The Morgan fingerprint density at radius 1 is 1.15 bits per heavy atom.